The van der Waals surface area contributed by atoms with E-state index in [1.165, 1.54) is 0 Å². The van der Waals surface area contributed by atoms with Crippen LogP contribution >= 0.6 is 0 Å². The number of anilines is 1. The van der Waals surface area contributed by atoms with Crippen molar-refractivity contribution in [2.45, 2.75) is 25.2 Å². The summed E-state index contributed by atoms with van der Waals surface area (Å²) in [5.74, 6) is 1.30. The van der Waals surface area contributed by atoms with Gasteiger partial charge in [-0.3, -0.25) is 0 Å². The van der Waals surface area contributed by atoms with E-state index in [-0.39, 0.29) is 4.90 Å². The van der Waals surface area contributed by atoms with Gasteiger partial charge in [0.2, 0.25) is 10.0 Å². The Hall–Kier alpha value is -2.64. The largest absolute Gasteiger partial charge is 0.446 e. The maximum atomic E-state index is 12.5. The summed E-state index contributed by atoms with van der Waals surface area (Å²) in [4.78, 5) is 6.60. The number of aryl methyl sites for hydroxylation is 2. The number of nitrogens with zero attached hydrogens (tertiary/aromatic N) is 2. The molecule has 0 radical (unpaired) electrons. The second-order valence-electron chi connectivity index (χ2n) is 6.87. The summed E-state index contributed by atoms with van der Waals surface area (Å²) in [7, 11) is 0.413. The first-order valence-electron chi connectivity index (χ1n) is 9.06. The van der Waals surface area contributed by atoms with Crippen LogP contribution in [0.5, 0.6) is 0 Å². The lowest BCUT2D eigenvalue weighted by Crippen LogP contribution is -2.26. The summed E-state index contributed by atoms with van der Waals surface area (Å²) in [5, 5.41) is 0. The molecule has 148 valence electrons. The smallest absolute Gasteiger partial charge is 0.240 e. The van der Waals surface area contributed by atoms with Gasteiger partial charge >= 0.3 is 0 Å². The zero-order valence-electron chi connectivity index (χ0n) is 16.6. The third-order valence-corrected chi connectivity index (χ3v) is 5.98. The average Bonchev–Trinajstić information content (AvgIpc) is 3.00. The number of hydrogen-bond donors (Lipinski definition) is 1. The maximum Gasteiger partial charge on any atom is 0.240 e. The van der Waals surface area contributed by atoms with Gasteiger partial charge in [-0.1, -0.05) is 24.3 Å². The predicted octanol–water partition coefficient (Wildman–Crippen LogP) is 3.55. The average molecular weight is 400 g/mol. The third kappa shape index (κ3) is 4.61. The normalized spacial score (nSPS) is 11.6. The van der Waals surface area contributed by atoms with Crippen molar-refractivity contribution in [2.75, 3.05) is 25.5 Å². The Bertz CT molecular complexity index is 1040. The molecule has 0 aliphatic rings. The SMILES string of the molecule is Cc1nc(-c2ccc(S(=O)(=O)NCCc3ccc(N(C)C)cc3)cc2)c(C)o1. The number of aromatic nitrogens is 1. The molecule has 2 aromatic carbocycles. The molecule has 0 saturated heterocycles. The Morgan fingerprint density at radius 3 is 2.18 bits per heavy atom. The molecule has 0 aliphatic carbocycles. The molecule has 1 heterocycles. The van der Waals surface area contributed by atoms with Gasteiger partial charge in [-0.2, -0.15) is 0 Å². The minimum atomic E-state index is -3.56. The third-order valence-electron chi connectivity index (χ3n) is 4.50. The first-order valence-corrected chi connectivity index (χ1v) is 10.5. The summed E-state index contributed by atoms with van der Waals surface area (Å²) in [6.07, 6.45) is 0.627. The number of rotatable bonds is 7. The highest BCUT2D eigenvalue weighted by Gasteiger charge is 2.15. The van der Waals surface area contributed by atoms with Crippen molar-refractivity contribution in [3.05, 3.63) is 65.7 Å². The topological polar surface area (TPSA) is 75.4 Å². The van der Waals surface area contributed by atoms with Gasteiger partial charge in [0.05, 0.1) is 4.90 Å². The molecule has 3 aromatic rings. The summed E-state index contributed by atoms with van der Waals surface area (Å²) in [6, 6.07) is 14.8. The second-order valence-corrected chi connectivity index (χ2v) is 8.64. The summed E-state index contributed by atoms with van der Waals surface area (Å²) < 4.78 is 33.2. The molecule has 1 N–H and O–H groups in total. The lowest BCUT2D eigenvalue weighted by molar-refractivity contribution is 0.495. The highest BCUT2D eigenvalue weighted by molar-refractivity contribution is 7.89. The molecule has 0 fully saturated rings. The first kappa shape index (κ1) is 20.1. The van der Waals surface area contributed by atoms with Crippen molar-refractivity contribution in [3.8, 4) is 11.3 Å². The van der Waals surface area contributed by atoms with Gasteiger partial charge in [-0.05, 0) is 43.2 Å². The van der Waals surface area contributed by atoms with Crippen LogP contribution in [0.15, 0.2) is 57.8 Å². The zero-order valence-corrected chi connectivity index (χ0v) is 17.4. The standard InChI is InChI=1S/C21H25N3O3S/c1-15-21(23-16(2)27-15)18-7-11-20(12-8-18)28(25,26)22-14-13-17-5-9-19(10-6-17)24(3)4/h5-12,22H,13-14H2,1-4H3. The Balaban J connectivity index is 1.63. The number of benzene rings is 2. The lowest BCUT2D eigenvalue weighted by Gasteiger charge is -2.13. The van der Waals surface area contributed by atoms with E-state index in [4.69, 9.17) is 4.42 Å². The van der Waals surface area contributed by atoms with Gasteiger partial charge < -0.3 is 9.32 Å². The van der Waals surface area contributed by atoms with E-state index in [0.29, 0.717) is 24.6 Å². The zero-order chi connectivity index (χ0) is 20.3. The van der Waals surface area contributed by atoms with Crippen LogP contribution in [0.3, 0.4) is 0 Å². The highest BCUT2D eigenvalue weighted by atomic mass is 32.2. The van der Waals surface area contributed by atoms with E-state index in [1.807, 2.05) is 50.2 Å². The Kier molecular flexibility index (Phi) is 5.86. The van der Waals surface area contributed by atoms with E-state index >= 15 is 0 Å². The fourth-order valence-electron chi connectivity index (χ4n) is 2.96. The van der Waals surface area contributed by atoms with E-state index in [2.05, 4.69) is 9.71 Å². The van der Waals surface area contributed by atoms with Crippen molar-refractivity contribution in [1.29, 1.82) is 0 Å². The van der Waals surface area contributed by atoms with Crippen molar-refractivity contribution in [1.82, 2.24) is 9.71 Å². The van der Waals surface area contributed by atoms with E-state index in [0.717, 1.165) is 22.5 Å². The van der Waals surface area contributed by atoms with Gasteiger partial charge in [0.25, 0.3) is 0 Å². The molecule has 0 spiro atoms. The minimum Gasteiger partial charge on any atom is -0.446 e. The van der Waals surface area contributed by atoms with Crippen LogP contribution in [-0.4, -0.2) is 34.0 Å². The molecule has 0 bridgehead atoms. The molecular formula is C21H25N3O3S. The summed E-state index contributed by atoms with van der Waals surface area (Å²) >= 11 is 0. The number of sulfonamides is 1. The molecule has 0 amide bonds. The van der Waals surface area contributed by atoms with Gasteiger partial charge in [-0.25, -0.2) is 18.1 Å². The van der Waals surface area contributed by atoms with Crippen molar-refractivity contribution in [3.63, 3.8) is 0 Å². The van der Waals surface area contributed by atoms with Gasteiger partial charge in [0.1, 0.15) is 11.5 Å². The molecule has 0 aliphatic heterocycles. The second kappa shape index (κ2) is 8.16. The quantitative estimate of drug-likeness (QED) is 0.658. The fraction of sp³-hybridized carbons (Fsp3) is 0.286. The lowest BCUT2D eigenvalue weighted by atomic mass is 10.1. The Morgan fingerprint density at radius 1 is 1.00 bits per heavy atom. The summed E-state index contributed by atoms with van der Waals surface area (Å²) in [5.41, 5.74) is 3.76. The van der Waals surface area contributed by atoms with Crippen LogP contribution in [-0.2, 0) is 16.4 Å². The molecule has 6 nitrogen and oxygen atoms in total. The number of hydrogen-bond acceptors (Lipinski definition) is 5. The van der Waals surface area contributed by atoms with Crippen LogP contribution in [0.1, 0.15) is 17.2 Å². The Morgan fingerprint density at radius 2 is 1.64 bits per heavy atom. The van der Waals surface area contributed by atoms with Crippen molar-refractivity contribution in [2.24, 2.45) is 0 Å². The molecule has 1 aromatic heterocycles. The number of oxazole rings is 1. The molecular weight excluding hydrogens is 374 g/mol. The van der Waals surface area contributed by atoms with Crippen molar-refractivity contribution < 1.29 is 12.8 Å². The predicted molar refractivity (Wildman–Crippen MR) is 111 cm³/mol. The van der Waals surface area contributed by atoms with Gasteiger partial charge in [0, 0.05) is 38.8 Å². The molecule has 0 atom stereocenters. The van der Waals surface area contributed by atoms with Crippen LogP contribution in [0.4, 0.5) is 5.69 Å². The molecule has 0 saturated carbocycles. The first-order chi connectivity index (χ1) is 13.3. The highest BCUT2D eigenvalue weighted by Crippen LogP contribution is 2.24. The Labute approximate surface area is 166 Å². The van der Waals surface area contributed by atoms with Crippen molar-refractivity contribution >= 4 is 15.7 Å². The maximum absolute atomic E-state index is 12.5. The molecule has 0 unspecified atom stereocenters. The van der Waals surface area contributed by atoms with E-state index in [9.17, 15) is 8.42 Å². The van der Waals surface area contributed by atoms with Crippen LogP contribution < -0.4 is 9.62 Å². The molecule has 7 heteroatoms. The van der Waals surface area contributed by atoms with Crippen LogP contribution in [0.25, 0.3) is 11.3 Å². The fourth-order valence-corrected chi connectivity index (χ4v) is 3.99. The van der Waals surface area contributed by atoms with Gasteiger partial charge in [-0.15, -0.1) is 0 Å². The van der Waals surface area contributed by atoms with E-state index < -0.39 is 10.0 Å². The van der Waals surface area contributed by atoms with Gasteiger partial charge in [0.15, 0.2) is 5.89 Å². The molecule has 3 rings (SSSR count). The minimum absolute atomic E-state index is 0.233. The number of nitrogens with one attached hydrogen (secondary N) is 1. The van der Waals surface area contributed by atoms with E-state index in [1.54, 1.807) is 31.2 Å². The molecule has 28 heavy (non-hydrogen) atoms. The summed E-state index contributed by atoms with van der Waals surface area (Å²) in [6.45, 7) is 3.97. The van der Waals surface area contributed by atoms with Crippen LogP contribution in [0.2, 0.25) is 0 Å². The van der Waals surface area contributed by atoms with Crippen LogP contribution in [0, 0.1) is 13.8 Å². The monoisotopic (exact) mass is 399 g/mol.